The monoisotopic (exact) mass is 545 g/mol. The number of hydrogen-bond acceptors (Lipinski definition) is 4. The van der Waals surface area contributed by atoms with E-state index in [0.29, 0.717) is 23.2 Å². The first-order valence-electron chi connectivity index (χ1n) is 12.2. The Labute approximate surface area is 226 Å². The van der Waals surface area contributed by atoms with Crippen LogP contribution in [-0.2, 0) is 17.4 Å². The molecule has 0 aliphatic rings. The van der Waals surface area contributed by atoms with Crippen LogP contribution in [0.3, 0.4) is 0 Å². The molecule has 0 aliphatic heterocycles. The maximum atomic E-state index is 13.1. The van der Waals surface area contributed by atoms with Gasteiger partial charge in [0.05, 0.1) is 17.2 Å². The molecule has 0 radical (unpaired) electrons. The van der Waals surface area contributed by atoms with E-state index in [9.17, 15) is 23.2 Å². The number of benzene rings is 2. The molecule has 0 saturated heterocycles. The number of aromatic nitrogens is 1. The molecule has 5 nitrogen and oxygen atoms in total. The number of alkyl halides is 3. The van der Waals surface area contributed by atoms with Gasteiger partial charge in [0.2, 0.25) is 5.88 Å². The zero-order chi connectivity index (χ0) is 28.5. The summed E-state index contributed by atoms with van der Waals surface area (Å²) in [6.45, 7) is 8.88. The molecule has 1 N–H and O–H groups in total. The Morgan fingerprint density at radius 1 is 1.11 bits per heavy atom. The summed E-state index contributed by atoms with van der Waals surface area (Å²) in [5.41, 5.74) is 0.0529. The van der Waals surface area contributed by atoms with Crippen LogP contribution in [-0.4, -0.2) is 22.5 Å². The summed E-state index contributed by atoms with van der Waals surface area (Å²) in [5, 5.41) is 12.9. The van der Waals surface area contributed by atoms with Gasteiger partial charge in [0.1, 0.15) is 0 Å². The molecule has 2 atom stereocenters. The fourth-order valence-electron chi connectivity index (χ4n) is 3.69. The molecule has 3 aromatic rings. The minimum atomic E-state index is -4.52. The highest BCUT2D eigenvalue weighted by atomic mass is 35.5. The first-order chi connectivity index (χ1) is 17.9. The van der Waals surface area contributed by atoms with Gasteiger partial charge in [-0.25, -0.2) is 4.98 Å². The van der Waals surface area contributed by atoms with Gasteiger partial charge in [0.25, 0.3) is 5.91 Å². The van der Waals surface area contributed by atoms with E-state index in [1.807, 2.05) is 39.0 Å². The topological polar surface area (TPSA) is 75.0 Å². The van der Waals surface area contributed by atoms with Crippen molar-refractivity contribution in [1.82, 2.24) is 10.3 Å². The van der Waals surface area contributed by atoms with E-state index < -0.39 is 23.2 Å². The molecule has 2 aromatic carbocycles. The number of nitrogens with zero attached hydrogens (tertiary/aromatic N) is 2. The summed E-state index contributed by atoms with van der Waals surface area (Å²) >= 11 is 6.02. The van der Waals surface area contributed by atoms with Crippen LogP contribution in [0.4, 0.5) is 13.2 Å². The first kappa shape index (κ1) is 30.7. The zero-order valence-corrected chi connectivity index (χ0v) is 22.7. The van der Waals surface area contributed by atoms with E-state index in [1.54, 1.807) is 30.3 Å². The van der Waals surface area contributed by atoms with Gasteiger partial charge in [-0.2, -0.15) is 18.4 Å². The van der Waals surface area contributed by atoms with Crippen LogP contribution in [0.1, 0.15) is 62.8 Å². The lowest BCUT2D eigenvalue weighted by Crippen LogP contribution is -2.51. The van der Waals surface area contributed by atoms with Crippen LogP contribution in [0.25, 0.3) is 0 Å². The molecule has 0 bridgehead atoms. The molecule has 202 valence electrons. The highest BCUT2D eigenvalue weighted by Crippen LogP contribution is 2.30. The van der Waals surface area contributed by atoms with Crippen molar-refractivity contribution in [2.45, 2.75) is 64.8 Å². The standard InChI is InChI=1S/C27H25ClF3N3O2.C2H6/c1-17(34-25(35)26(2,3)36-24-12-9-21(16-33-24)27(29,30)31)23(14-18-7-10-22(28)11-8-18)20-6-4-5-19(13-20)15-32;1-2/h4-13,16-17,23H,14H2,1-3H3,(H,34,35);1-2H3. The number of nitriles is 1. The average molecular weight is 546 g/mol. The van der Waals surface area contributed by atoms with E-state index in [-0.39, 0.29) is 17.8 Å². The molecule has 9 heteroatoms. The number of hydrogen-bond donors (Lipinski definition) is 1. The number of carbonyl (C=O) groups excluding carboxylic acids is 1. The molecule has 1 aromatic heterocycles. The third kappa shape index (κ3) is 8.49. The molecule has 3 rings (SSSR count). The van der Waals surface area contributed by atoms with Gasteiger partial charge in [0.15, 0.2) is 5.60 Å². The van der Waals surface area contributed by atoms with E-state index >= 15 is 0 Å². The van der Waals surface area contributed by atoms with Crippen molar-refractivity contribution < 1.29 is 22.7 Å². The van der Waals surface area contributed by atoms with Gasteiger partial charge < -0.3 is 10.1 Å². The number of nitrogens with one attached hydrogen (secondary N) is 1. The summed E-state index contributed by atoms with van der Waals surface area (Å²) in [7, 11) is 0. The van der Waals surface area contributed by atoms with Gasteiger partial charge in [-0.3, -0.25) is 4.79 Å². The Kier molecular flexibility index (Phi) is 10.7. The Morgan fingerprint density at radius 2 is 1.76 bits per heavy atom. The summed E-state index contributed by atoms with van der Waals surface area (Å²) in [4.78, 5) is 16.8. The molecule has 38 heavy (non-hydrogen) atoms. The molecule has 0 saturated carbocycles. The highest BCUT2D eigenvalue weighted by Gasteiger charge is 2.34. The van der Waals surface area contributed by atoms with E-state index in [0.717, 1.165) is 23.3 Å². The van der Waals surface area contributed by atoms with E-state index in [2.05, 4.69) is 16.4 Å². The maximum absolute atomic E-state index is 13.1. The van der Waals surface area contributed by atoms with Crippen molar-refractivity contribution in [2.24, 2.45) is 0 Å². The minimum absolute atomic E-state index is 0.102. The van der Waals surface area contributed by atoms with Gasteiger partial charge in [-0.15, -0.1) is 0 Å². The first-order valence-corrected chi connectivity index (χ1v) is 12.5. The number of carbonyl (C=O) groups is 1. The fraction of sp³-hybridized carbons (Fsp3) is 0.345. The second kappa shape index (κ2) is 13.3. The van der Waals surface area contributed by atoms with Crippen molar-refractivity contribution >= 4 is 17.5 Å². The zero-order valence-electron chi connectivity index (χ0n) is 21.9. The van der Waals surface area contributed by atoms with Crippen LogP contribution >= 0.6 is 11.6 Å². The second-order valence-corrected chi connectivity index (χ2v) is 9.37. The number of rotatable bonds is 8. The second-order valence-electron chi connectivity index (χ2n) is 8.93. The molecule has 2 unspecified atom stereocenters. The summed E-state index contributed by atoms with van der Waals surface area (Å²) in [6, 6.07) is 18.3. The average Bonchev–Trinajstić information content (AvgIpc) is 2.89. The predicted octanol–water partition coefficient (Wildman–Crippen LogP) is 7.34. The third-order valence-electron chi connectivity index (χ3n) is 5.75. The lowest BCUT2D eigenvalue weighted by molar-refractivity contribution is -0.138. The van der Waals surface area contributed by atoms with E-state index in [4.69, 9.17) is 16.3 Å². The van der Waals surface area contributed by atoms with Crippen molar-refractivity contribution in [1.29, 1.82) is 5.26 Å². The number of amides is 1. The normalized spacial score (nSPS) is 12.8. The van der Waals surface area contributed by atoms with Crippen LogP contribution in [0, 0.1) is 11.3 Å². The molecule has 0 aliphatic carbocycles. The van der Waals surface area contributed by atoms with Gasteiger partial charge in [-0.1, -0.05) is 49.7 Å². The lowest BCUT2D eigenvalue weighted by atomic mass is 9.85. The Balaban J connectivity index is 0.00000247. The highest BCUT2D eigenvalue weighted by molar-refractivity contribution is 6.30. The quantitative estimate of drug-likeness (QED) is 0.321. The Morgan fingerprint density at radius 3 is 2.32 bits per heavy atom. The van der Waals surface area contributed by atoms with Crippen molar-refractivity contribution in [2.75, 3.05) is 0 Å². The van der Waals surface area contributed by atoms with Gasteiger partial charge in [0, 0.05) is 29.2 Å². The van der Waals surface area contributed by atoms with E-state index in [1.165, 1.54) is 13.8 Å². The molecule has 0 fully saturated rings. The smallest absolute Gasteiger partial charge is 0.417 e. The van der Waals surface area contributed by atoms with Crippen LogP contribution in [0.5, 0.6) is 5.88 Å². The summed E-state index contributed by atoms with van der Waals surface area (Å²) < 4.78 is 44.0. The minimum Gasteiger partial charge on any atom is -0.462 e. The predicted molar refractivity (Wildman–Crippen MR) is 142 cm³/mol. The number of halogens is 4. The summed E-state index contributed by atoms with van der Waals surface area (Å²) in [6.07, 6.45) is -3.29. The third-order valence-corrected chi connectivity index (χ3v) is 6.00. The fourth-order valence-corrected chi connectivity index (χ4v) is 3.82. The lowest BCUT2D eigenvalue weighted by Gasteiger charge is -2.30. The van der Waals surface area contributed by atoms with Gasteiger partial charge in [-0.05, 0) is 68.7 Å². The SMILES string of the molecule is CC.CC(NC(=O)C(C)(C)Oc1ccc(C(F)(F)F)cn1)C(Cc1ccc(Cl)cc1)c1cccc(C#N)c1. The molecule has 1 heterocycles. The molecule has 1 amide bonds. The van der Waals surface area contributed by atoms with Crippen molar-refractivity contribution in [3.8, 4) is 11.9 Å². The van der Waals surface area contributed by atoms with Crippen LogP contribution in [0.2, 0.25) is 5.02 Å². The molecule has 0 spiro atoms. The maximum Gasteiger partial charge on any atom is 0.417 e. The Bertz CT molecular complexity index is 1240. The van der Waals surface area contributed by atoms with Crippen LogP contribution in [0.15, 0.2) is 66.9 Å². The Hall–Kier alpha value is -3.57. The van der Waals surface area contributed by atoms with Gasteiger partial charge >= 0.3 is 6.18 Å². The molecular weight excluding hydrogens is 515 g/mol. The number of ether oxygens (including phenoxy) is 1. The summed E-state index contributed by atoms with van der Waals surface area (Å²) in [5.74, 6) is -0.757. The molecular formula is C29H31ClF3N3O2. The van der Waals surface area contributed by atoms with Crippen molar-refractivity contribution in [3.05, 3.63) is 94.1 Å². The van der Waals surface area contributed by atoms with Crippen molar-refractivity contribution in [3.63, 3.8) is 0 Å². The largest absolute Gasteiger partial charge is 0.462 e. The van der Waals surface area contributed by atoms with Crippen LogP contribution < -0.4 is 10.1 Å². The number of pyridine rings is 1.